The van der Waals surface area contributed by atoms with Crippen LogP contribution in [0.15, 0.2) is 0 Å². The van der Waals surface area contributed by atoms with Crippen LogP contribution in [0.2, 0.25) is 0 Å². The maximum absolute atomic E-state index is 5.77. The van der Waals surface area contributed by atoms with Crippen molar-refractivity contribution in [2.45, 2.75) is 58.9 Å². The Labute approximate surface area is 106 Å². The second-order valence-corrected chi connectivity index (χ2v) is 6.03. The second-order valence-electron chi connectivity index (χ2n) is 5.59. The summed E-state index contributed by atoms with van der Waals surface area (Å²) in [6, 6.07) is 0.788. The van der Waals surface area contributed by atoms with Crippen molar-refractivity contribution in [1.29, 1.82) is 0 Å². The molecule has 2 nitrogen and oxygen atoms in total. The summed E-state index contributed by atoms with van der Waals surface area (Å²) in [5, 5.41) is 0. The second kappa shape index (κ2) is 5.97. The predicted molar refractivity (Wildman–Crippen MR) is 74.7 cm³/mol. The Morgan fingerprint density at radius 2 is 2.12 bits per heavy atom. The molecule has 0 aromatic rings. The monoisotopic (exact) mass is 242 g/mol. The minimum Gasteiger partial charge on any atom is -0.393 e. The van der Waals surface area contributed by atoms with Gasteiger partial charge in [0.25, 0.3) is 0 Å². The summed E-state index contributed by atoms with van der Waals surface area (Å²) in [6.07, 6.45) is 6.47. The lowest BCUT2D eigenvalue weighted by Crippen LogP contribution is -2.42. The lowest BCUT2D eigenvalue weighted by Gasteiger charge is -2.37. The Morgan fingerprint density at radius 3 is 2.69 bits per heavy atom. The summed E-state index contributed by atoms with van der Waals surface area (Å²) in [5.41, 5.74) is 5.77. The molecule has 16 heavy (non-hydrogen) atoms. The van der Waals surface area contributed by atoms with Crippen LogP contribution in [0.5, 0.6) is 0 Å². The summed E-state index contributed by atoms with van der Waals surface area (Å²) < 4.78 is 0. The lowest BCUT2D eigenvalue weighted by molar-refractivity contribution is 0.133. The Bertz CT molecular complexity index is 238. The highest BCUT2D eigenvalue weighted by atomic mass is 32.1. The van der Waals surface area contributed by atoms with Crippen LogP contribution in [0.1, 0.15) is 52.9 Å². The van der Waals surface area contributed by atoms with Crippen LogP contribution >= 0.6 is 12.2 Å². The molecule has 2 N–H and O–H groups in total. The van der Waals surface area contributed by atoms with E-state index >= 15 is 0 Å². The molecule has 1 heterocycles. The predicted octanol–water partition coefficient (Wildman–Crippen LogP) is 2.95. The molecule has 0 aromatic heterocycles. The van der Waals surface area contributed by atoms with Crippen molar-refractivity contribution in [2.75, 3.05) is 13.1 Å². The van der Waals surface area contributed by atoms with Gasteiger partial charge in [-0.1, -0.05) is 39.4 Å². The molecule has 0 bridgehead atoms. The Morgan fingerprint density at radius 1 is 1.44 bits per heavy atom. The fourth-order valence-corrected chi connectivity index (χ4v) is 2.47. The molecule has 0 aromatic carbocycles. The molecule has 0 aliphatic carbocycles. The largest absolute Gasteiger partial charge is 0.393 e. The van der Waals surface area contributed by atoms with Crippen LogP contribution < -0.4 is 5.73 Å². The average molecular weight is 242 g/mol. The van der Waals surface area contributed by atoms with Crippen LogP contribution in [0.25, 0.3) is 0 Å². The number of rotatable bonds is 5. The number of hydrogen-bond donors (Lipinski definition) is 1. The molecular weight excluding hydrogens is 216 g/mol. The van der Waals surface area contributed by atoms with Crippen molar-refractivity contribution in [2.24, 2.45) is 11.1 Å². The molecule has 0 radical (unpaired) electrons. The van der Waals surface area contributed by atoms with Crippen LogP contribution in [-0.4, -0.2) is 29.0 Å². The zero-order valence-corrected chi connectivity index (χ0v) is 11.8. The van der Waals surface area contributed by atoms with Crippen LogP contribution in [0, 0.1) is 5.41 Å². The Hall–Kier alpha value is -0.150. The quantitative estimate of drug-likeness (QED) is 0.752. The van der Waals surface area contributed by atoms with Gasteiger partial charge in [0.2, 0.25) is 0 Å². The van der Waals surface area contributed by atoms with E-state index in [1.54, 1.807) is 0 Å². The first-order valence-corrected chi connectivity index (χ1v) is 6.92. The van der Waals surface area contributed by atoms with Crippen molar-refractivity contribution in [1.82, 2.24) is 4.90 Å². The third kappa shape index (κ3) is 3.70. The summed E-state index contributed by atoms with van der Waals surface area (Å²) in [4.78, 5) is 3.28. The van der Waals surface area contributed by atoms with E-state index in [1.807, 2.05) is 0 Å². The van der Waals surface area contributed by atoms with Gasteiger partial charge in [0.15, 0.2) is 0 Å². The van der Waals surface area contributed by atoms with E-state index in [-0.39, 0.29) is 5.41 Å². The summed E-state index contributed by atoms with van der Waals surface area (Å²) in [7, 11) is 0. The van der Waals surface area contributed by atoms with Gasteiger partial charge in [0, 0.05) is 11.5 Å². The van der Waals surface area contributed by atoms with E-state index in [4.69, 9.17) is 18.0 Å². The highest BCUT2D eigenvalue weighted by Crippen LogP contribution is 2.25. The molecule has 1 atom stereocenters. The minimum absolute atomic E-state index is 0.00503. The SMILES string of the molecule is CCC1CCCCN1CCC(C)(C)C(N)=S. The first-order chi connectivity index (χ1) is 7.47. The van der Waals surface area contributed by atoms with E-state index < -0.39 is 0 Å². The zero-order chi connectivity index (χ0) is 12.2. The number of likely N-dealkylation sites (tertiary alicyclic amines) is 1. The molecule has 0 saturated carbocycles. The third-order valence-electron chi connectivity index (χ3n) is 3.91. The Kier molecular flexibility index (Phi) is 5.19. The molecule has 0 amide bonds. The topological polar surface area (TPSA) is 29.3 Å². The van der Waals surface area contributed by atoms with E-state index in [2.05, 4.69) is 25.7 Å². The van der Waals surface area contributed by atoms with Gasteiger partial charge in [-0.15, -0.1) is 0 Å². The maximum atomic E-state index is 5.77. The average Bonchev–Trinajstić information content (AvgIpc) is 2.26. The van der Waals surface area contributed by atoms with Gasteiger partial charge in [-0.05, 0) is 38.8 Å². The van der Waals surface area contributed by atoms with E-state index in [0.29, 0.717) is 4.99 Å². The maximum Gasteiger partial charge on any atom is 0.0784 e. The molecule has 1 aliphatic heterocycles. The molecule has 0 spiro atoms. The van der Waals surface area contributed by atoms with E-state index in [9.17, 15) is 0 Å². The highest BCUT2D eigenvalue weighted by molar-refractivity contribution is 7.80. The van der Waals surface area contributed by atoms with Crippen LogP contribution in [0.3, 0.4) is 0 Å². The molecule has 1 unspecified atom stereocenters. The van der Waals surface area contributed by atoms with Crippen molar-refractivity contribution < 1.29 is 0 Å². The normalized spacial score (nSPS) is 23.3. The Balaban J connectivity index is 2.43. The van der Waals surface area contributed by atoms with Gasteiger partial charge in [-0.25, -0.2) is 0 Å². The molecular formula is C13H26N2S. The van der Waals surface area contributed by atoms with Gasteiger partial charge in [0.05, 0.1) is 4.99 Å². The zero-order valence-electron chi connectivity index (χ0n) is 11.0. The summed E-state index contributed by atoms with van der Waals surface area (Å²) >= 11 is 5.12. The van der Waals surface area contributed by atoms with E-state index in [1.165, 1.54) is 32.2 Å². The molecule has 3 heteroatoms. The highest BCUT2D eigenvalue weighted by Gasteiger charge is 2.25. The summed E-state index contributed by atoms with van der Waals surface area (Å²) in [6.45, 7) is 9.00. The molecule has 94 valence electrons. The number of nitrogens with zero attached hydrogens (tertiary/aromatic N) is 1. The van der Waals surface area contributed by atoms with Gasteiger partial charge in [-0.2, -0.15) is 0 Å². The fourth-order valence-electron chi connectivity index (χ4n) is 2.36. The van der Waals surface area contributed by atoms with Crippen LogP contribution in [-0.2, 0) is 0 Å². The van der Waals surface area contributed by atoms with E-state index in [0.717, 1.165) is 19.0 Å². The smallest absolute Gasteiger partial charge is 0.0784 e. The third-order valence-corrected chi connectivity index (χ3v) is 4.46. The fraction of sp³-hybridized carbons (Fsp3) is 0.923. The van der Waals surface area contributed by atoms with Gasteiger partial charge < -0.3 is 10.6 Å². The van der Waals surface area contributed by atoms with Crippen LogP contribution in [0.4, 0.5) is 0 Å². The number of thiocarbonyl (C=S) groups is 1. The lowest BCUT2D eigenvalue weighted by atomic mass is 9.88. The van der Waals surface area contributed by atoms with Crippen molar-refractivity contribution in [3.63, 3.8) is 0 Å². The van der Waals surface area contributed by atoms with Gasteiger partial charge in [0.1, 0.15) is 0 Å². The molecule has 1 aliphatic rings. The minimum atomic E-state index is 0.00503. The molecule has 1 fully saturated rings. The standard InChI is InChI=1S/C13H26N2S/c1-4-11-7-5-6-9-15(11)10-8-13(2,3)12(14)16/h11H,4-10H2,1-3H3,(H2,14,16). The first-order valence-electron chi connectivity index (χ1n) is 6.51. The number of nitrogens with two attached hydrogens (primary N) is 1. The van der Waals surface area contributed by atoms with Gasteiger partial charge >= 0.3 is 0 Å². The van der Waals surface area contributed by atoms with Crippen molar-refractivity contribution in [3.05, 3.63) is 0 Å². The molecule has 1 saturated heterocycles. The first kappa shape index (κ1) is 13.9. The van der Waals surface area contributed by atoms with Gasteiger partial charge in [-0.3, -0.25) is 0 Å². The summed E-state index contributed by atoms with van der Waals surface area (Å²) in [5.74, 6) is 0. The van der Waals surface area contributed by atoms with Crippen molar-refractivity contribution >= 4 is 17.2 Å². The number of hydrogen-bond acceptors (Lipinski definition) is 2. The van der Waals surface area contributed by atoms with Crippen molar-refractivity contribution in [3.8, 4) is 0 Å². The molecule has 1 rings (SSSR count). The number of piperidine rings is 1.